The van der Waals surface area contributed by atoms with E-state index in [0.717, 1.165) is 17.1 Å². The first kappa shape index (κ1) is 20.9. The van der Waals surface area contributed by atoms with Gasteiger partial charge in [0, 0.05) is 17.0 Å². The average molecular weight is 449 g/mol. The fraction of sp³-hybridized carbons (Fsp3) is 0.280. The van der Waals surface area contributed by atoms with Crippen LogP contribution >= 0.6 is 0 Å². The number of ketones is 1. The summed E-state index contributed by atoms with van der Waals surface area (Å²) in [7, 11) is 0. The maximum atomic E-state index is 12.8. The van der Waals surface area contributed by atoms with Crippen molar-refractivity contribution < 1.29 is 33.3 Å². The number of hydrogen-bond acceptors (Lipinski definition) is 7. The minimum Gasteiger partial charge on any atom is -0.486 e. The van der Waals surface area contributed by atoms with E-state index in [1.54, 1.807) is 18.2 Å². The monoisotopic (exact) mass is 449 g/mol. The molecule has 8 nitrogen and oxygen atoms in total. The number of hydrogen-bond donors (Lipinski definition) is 0. The lowest BCUT2D eigenvalue weighted by Crippen LogP contribution is -2.33. The number of aromatic nitrogens is 1. The van der Waals surface area contributed by atoms with E-state index in [9.17, 15) is 9.59 Å². The Morgan fingerprint density at radius 1 is 0.970 bits per heavy atom. The van der Waals surface area contributed by atoms with Gasteiger partial charge in [-0.25, -0.2) is 4.79 Å². The van der Waals surface area contributed by atoms with Gasteiger partial charge in [-0.1, -0.05) is 12.1 Å². The number of nitrogens with zero attached hydrogens (tertiary/aromatic N) is 1. The molecule has 0 amide bonds. The minimum absolute atomic E-state index is 0.118. The summed E-state index contributed by atoms with van der Waals surface area (Å²) in [5.74, 6) is 1.64. The number of Topliss-reactive ketones (excluding diaryl/α,β-unsaturated/α-hetero) is 1. The van der Waals surface area contributed by atoms with Crippen LogP contribution in [0.15, 0.2) is 48.5 Å². The van der Waals surface area contributed by atoms with Gasteiger partial charge in [0.25, 0.3) is 0 Å². The van der Waals surface area contributed by atoms with Gasteiger partial charge in [-0.2, -0.15) is 0 Å². The minimum atomic E-state index is -0.595. The van der Waals surface area contributed by atoms with Crippen LogP contribution in [0.4, 0.5) is 0 Å². The van der Waals surface area contributed by atoms with E-state index in [1.165, 1.54) is 0 Å². The van der Waals surface area contributed by atoms with Crippen molar-refractivity contribution in [1.82, 2.24) is 4.57 Å². The second-order valence-corrected chi connectivity index (χ2v) is 7.96. The van der Waals surface area contributed by atoms with Crippen LogP contribution in [0.1, 0.15) is 32.1 Å². The molecule has 0 aliphatic carbocycles. The number of carbonyl (C=O) groups is 2. The first-order valence-corrected chi connectivity index (χ1v) is 10.6. The number of rotatable bonds is 6. The molecule has 1 atom stereocenters. The molecule has 3 aromatic rings. The van der Waals surface area contributed by atoms with Gasteiger partial charge in [0.15, 0.2) is 35.7 Å². The third kappa shape index (κ3) is 4.11. The van der Waals surface area contributed by atoms with Gasteiger partial charge in [0.05, 0.1) is 12.1 Å². The Kier molecular flexibility index (Phi) is 5.42. The summed E-state index contributed by atoms with van der Waals surface area (Å²) in [4.78, 5) is 25.2. The Hall–Kier alpha value is -3.94. The summed E-state index contributed by atoms with van der Waals surface area (Å²) in [6.45, 7) is 4.53. The van der Waals surface area contributed by atoms with Crippen molar-refractivity contribution in [2.45, 2.75) is 26.5 Å². The standard InChI is InChI=1S/C25H23NO7/c1-15-9-19(16(2)26(15)11-18-12-29-21-5-3-4-6-23(21)33-18)20(27)13-30-25(28)17-7-8-22-24(10-17)32-14-31-22/h3-10,18H,11-14H2,1-2H3. The first-order valence-electron chi connectivity index (χ1n) is 10.6. The molecule has 0 saturated carbocycles. The van der Waals surface area contributed by atoms with E-state index >= 15 is 0 Å². The maximum Gasteiger partial charge on any atom is 0.338 e. The summed E-state index contributed by atoms with van der Waals surface area (Å²) in [6.07, 6.45) is -0.184. The molecule has 33 heavy (non-hydrogen) atoms. The van der Waals surface area contributed by atoms with E-state index in [2.05, 4.69) is 0 Å². The summed E-state index contributed by atoms with van der Waals surface area (Å²) < 4.78 is 29.7. The normalized spacial score (nSPS) is 15.9. The van der Waals surface area contributed by atoms with Crippen LogP contribution in [0, 0.1) is 13.8 Å². The first-order chi connectivity index (χ1) is 16.0. The van der Waals surface area contributed by atoms with Crippen molar-refractivity contribution in [3.63, 3.8) is 0 Å². The second-order valence-electron chi connectivity index (χ2n) is 7.96. The molecule has 5 rings (SSSR count). The number of ether oxygens (including phenoxy) is 5. The van der Waals surface area contributed by atoms with Gasteiger partial charge in [0.1, 0.15) is 6.61 Å². The third-order valence-corrected chi connectivity index (χ3v) is 5.77. The molecule has 0 radical (unpaired) electrons. The molecule has 1 unspecified atom stereocenters. The summed E-state index contributed by atoms with van der Waals surface area (Å²) >= 11 is 0. The van der Waals surface area contributed by atoms with Crippen LogP contribution in [0.5, 0.6) is 23.0 Å². The molecular formula is C25H23NO7. The van der Waals surface area contributed by atoms with Gasteiger partial charge >= 0.3 is 5.97 Å². The van der Waals surface area contributed by atoms with Crippen LogP contribution in [0.25, 0.3) is 0 Å². The van der Waals surface area contributed by atoms with E-state index in [0.29, 0.717) is 41.5 Å². The predicted molar refractivity (Wildman–Crippen MR) is 117 cm³/mol. The van der Waals surface area contributed by atoms with Crippen LogP contribution in [0.3, 0.4) is 0 Å². The van der Waals surface area contributed by atoms with Gasteiger partial charge < -0.3 is 28.3 Å². The topological polar surface area (TPSA) is 85.2 Å². The lowest BCUT2D eigenvalue weighted by atomic mass is 10.1. The molecule has 0 fully saturated rings. The molecule has 0 spiro atoms. The van der Waals surface area contributed by atoms with Crippen LogP contribution in [-0.2, 0) is 11.3 Å². The second kappa shape index (κ2) is 8.54. The number of para-hydroxylation sites is 2. The van der Waals surface area contributed by atoms with Crippen molar-refractivity contribution in [2.24, 2.45) is 0 Å². The van der Waals surface area contributed by atoms with Crippen LogP contribution < -0.4 is 18.9 Å². The summed E-state index contributed by atoms with van der Waals surface area (Å²) in [5.41, 5.74) is 2.52. The molecule has 0 bridgehead atoms. The Bertz CT molecular complexity index is 1230. The largest absolute Gasteiger partial charge is 0.486 e. The number of aryl methyl sites for hydroxylation is 1. The SMILES string of the molecule is Cc1cc(C(=O)COC(=O)c2ccc3c(c2)OCO3)c(C)n1CC1COc2ccccc2O1. The number of carbonyl (C=O) groups excluding carboxylic acids is 2. The molecule has 3 heterocycles. The highest BCUT2D eigenvalue weighted by Gasteiger charge is 2.24. The van der Waals surface area contributed by atoms with Crippen molar-refractivity contribution in [2.75, 3.05) is 20.0 Å². The molecule has 0 N–H and O–H groups in total. The van der Waals surface area contributed by atoms with Crippen LogP contribution in [0.2, 0.25) is 0 Å². The average Bonchev–Trinajstić information content (AvgIpc) is 3.41. The van der Waals surface area contributed by atoms with E-state index < -0.39 is 5.97 Å². The fourth-order valence-corrected chi connectivity index (χ4v) is 4.04. The van der Waals surface area contributed by atoms with Gasteiger partial charge in [-0.05, 0) is 50.2 Å². The quantitative estimate of drug-likeness (QED) is 0.419. The molecule has 8 heteroatoms. The highest BCUT2D eigenvalue weighted by molar-refractivity contribution is 6.00. The van der Waals surface area contributed by atoms with Gasteiger partial charge in [0.2, 0.25) is 12.6 Å². The van der Waals surface area contributed by atoms with E-state index in [4.69, 9.17) is 23.7 Å². The fourth-order valence-electron chi connectivity index (χ4n) is 4.04. The molecular weight excluding hydrogens is 426 g/mol. The van der Waals surface area contributed by atoms with E-state index in [-0.39, 0.29) is 25.3 Å². The smallest absolute Gasteiger partial charge is 0.338 e. The predicted octanol–water partition coefficient (Wildman–Crippen LogP) is 3.71. The maximum absolute atomic E-state index is 12.8. The third-order valence-electron chi connectivity index (χ3n) is 5.77. The zero-order valence-corrected chi connectivity index (χ0v) is 18.3. The molecule has 170 valence electrons. The molecule has 2 aliphatic heterocycles. The number of benzene rings is 2. The zero-order valence-electron chi connectivity index (χ0n) is 18.3. The van der Waals surface area contributed by atoms with Gasteiger partial charge in [-0.3, -0.25) is 4.79 Å². The Morgan fingerprint density at radius 3 is 2.58 bits per heavy atom. The highest BCUT2D eigenvalue weighted by atomic mass is 16.7. The number of esters is 1. The molecule has 2 aromatic carbocycles. The summed E-state index contributed by atoms with van der Waals surface area (Å²) in [6, 6.07) is 14.1. The van der Waals surface area contributed by atoms with Crippen LogP contribution in [-0.4, -0.2) is 42.4 Å². The van der Waals surface area contributed by atoms with Crippen molar-refractivity contribution >= 4 is 11.8 Å². The Balaban J connectivity index is 1.23. The molecule has 2 aliphatic rings. The van der Waals surface area contributed by atoms with Crippen molar-refractivity contribution in [1.29, 1.82) is 0 Å². The van der Waals surface area contributed by atoms with Crippen molar-refractivity contribution in [3.8, 4) is 23.0 Å². The summed E-state index contributed by atoms with van der Waals surface area (Å²) in [5, 5.41) is 0. The Labute approximate surface area is 190 Å². The zero-order chi connectivity index (χ0) is 22.9. The lowest BCUT2D eigenvalue weighted by molar-refractivity contribution is 0.0474. The number of fused-ring (bicyclic) bond motifs is 2. The molecule has 1 aromatic heterocycles. The van der Waals surface area contributed by atoms with Gasteiger partial charge in [-0.15, -0.1) is 0 Å². The highest BCUT2D eigenvalue weighted by Crippen LogP contribution is 2.33. The van der Waals surface area contributed by atoms with E-state index in [1.807, 2.05) is 48.7 Å². The van der Waals surface area contributed by atoms with Crippen molar-refractivity contribution in [3.05, 3.63) is 71.0 Å². The lowest BCUT2D eigenvalue weighted by Gasteiger charge is -2.27. The molecule has 0 saturated heterocycles. The Morgan fingerprint density at radius 2 is 1.73 bits per heavy atom.